The average molecular weight is 363 g/mol. The molecule has 6 heteroatoms. The first-order chi connectivity index (χ1) is 9.02. The van der Waals surface area contributed by atoms with Crippen molar-refractivity contribution in [3.05, 3.63) is 44.1 Å². The Hall–Kier alpha value is -0.710. The van der Waals surface area contributed by atoms with Crippen LogP contribution in [0.25, 0.3) is 0 Å². The maximum Gasteiger partial charge on any atom is 0.0865 e. The monoisotopic (exact) mass is 361 g/mol. The van der Waals surface area contributed by atoms with Crippen LogP contribution >= 0.6 is 39.1 Å². The molecule has 0 fully saturated rings. The highest BCUT2D eigenvalue weighted by Crippen LogP contribution is 2.26. The minimum absolute atomic E-state index is 0.617. The molecule has 0 saturated heterocycles. The Morgan fingerprint density at radius 1 is 1.37 bits per heavy atom. The van der Waals surface area contributed by atoms with Crippen molar-refractivity contribution in [3.63, 3.8) is 0 Å². The largest absolute Gasteiger partial charge is 0.379 e. The zero-order valence-electron chi connectivity index (χ0n) is 10.7. The summed E-state index contributed by atoms with van der Waals surface area (Å²) in [7, 11) is 0. The van der Waals surface area contributed by atoms with Crippen molar-refractivity contribution in [1.29, 1.82) is 0 Å². The van der Waals surface area contributed by atoms with E-state index in [2.05, 4.69) is 26.3 Å². The van der Waals surface area contributed by atoms with E-state index in [0.717, 1.165) is 33.1 Å². The first kappa shape index (κ1) is 14.7. The molecule has 1 aromatic carbocycles. The fraction of sp³-hybridized carbons (Fsp3) is 0.308. The predicted molar refractivity (Wildman–Crippen MR) is 84.1 cm³/mol. The van der Waals surface area contributed by atoms with Crippen LogP contribution in [-0.2, 0) is 13.1 Å². The Morgan fingerprint density at radius 2 is 2.11 bits per heavy atom. The number of aryl methyl sites for hydroxylation is 2. The summed E-state index contributed by atoms with van der Waals surface area (Å²) >= 11 is 15.7. The van der Waals surface area contributed by atoms with Crippen LogP contribution in [0.4, 0.5) is 5.69 Å². The van der Waals surface area contributed by atoms with Crippen molar-refractivity contribution in [3.8, 4) is 0 Å². The topological polar surface area (TPSA) is 29.9 Å². The van der Waals surface area contributed by atoms with Gasteiger partial charge in [0.25, 0.3) is 0 Å². The minimum Gasteiger partial charge on any atom is -0.379 e. The molecule has 1 aromatic heterocycles. The zero-order valence-corrected chi connectivity index (χ0v) is 13.8. The summed E-state index contributed by atoms with van der Waals surface area (Å²) in [4.78, 5) is 0. The third-order valence-corrected chi connectivity index (χ3v) is 4.56. The summed E-state index contributed by atoms with van der Waals surface area (Å²) in [5.41, 5.74) is 2.79. The zero-order chi connectivity index (χ0) is 14.0. The van der Waals surface area contributed by atoms with E-state index in [0.29, 0.717) is 11.6 Å². The van der Waals surface area contributed by atoms with Gasteiger partial charge in [-0.25, -0.2) is 0 Å². The van der Waals surface area contributed by atoms with E-state index in [1.165, 1.54) is 0 Å². The lowest BCUT2D eigenvalue weighted by Crippen LogP contribution is -2.08. The maximum atomic E-state index is 6.26. The molecule has 1 N–H and O–H groups in total. The standard InChI is InChI=1S/C13H14BrCl2N3/c1-3-19-12(13(16)8(2)18-19)7-17-9-4-5-10(14)11(15)6-9/h4-6,17H,3,7H2,1-2H3. The fourth-order valence-corrected chi connectivity index (χ4v) is 2.46. The van der Waals surface area contributed by atoms with E-state index in [9.17, 15) is 0 Å². The van der Waals surface area contributed by atoms with Crippen molar-refractivity contribution in [2.75, 3.05) is 5.32 Å². The van der Waals surface area contributed by atoms with Gasteiger partial charge in [-0.2, -0.15) is 5.10 Å². The van der Waals surface area contributed by atoms with Crippen molar-refractivity contribution in [2.24, 2.45) is 0 Å². The Kier molecular flexibility index (Phi) is 4.76. The van der Waals surface area contributed by atoms with Crippen LogP contribution in [0.3, 0.4) is 0 Å². The number of halogens is 3. The Labute approximate surface area is 131 Å². The molecule has 1 heterocycles. The van der Waals surface area contributed by atoms with Crippen molar-refractivity contribution < 1.29 is 0 Å². The van der Waals surface area contributed by atoms with Gasteiger partial charge in [-0.1, -0.05) is 23.2 Å². The van der Waals surface area contributed by atoms with Crippen LogP contribution in [0, 0.1) is 6.92 Å². The highest BCUT2D eigenvalue weighted by Gasteiger charge is 2.12. The first-order valence-electron chi connectivity index (χ1n) is 5.93. The molecular formula is C13H14BrCl2N3. The van der Waals surface area contributed by atoms with Gasteiger partial charge in [0.15, 0.2) is 0 Å². The van der Waals surface area contributed by atoms with Gasteiger partial charge in [0.1, 0.15) is 0 Å². The quantitative estimate of drug-likeness (QED) is 0.838. The Bertz CT molecular complexity index is 596. The van der Waals surface area contributed by atoms with Gasteiger partial charge in [-0.3, -0.25) is 4.68 Å². The molecule has 0 radical (unpaired) electrons. The molecule has 3 nitrogen and oxygen atoms in total. The second-order valence-corrected chi connectivity index (χ2v) is 5.78. The van der Waals surface area contributed by atoms with Gasteiger partial charge in [-0.15, -0.1) is 0 Å². The lowest BCUT2D eigenvalue weighted by atomic mass is 10.3. The normalized spacial score (nSPS) is 10.8. The third-order valence-electron chi connectivity index (χ3n) is 2.83. The van der Waals surface area contributed by atoms with E-state index < -0.39 is 0 Å². The number of hydrogen-bond donors (Lipinski definition) is 1. The summed E-state index contributed by atoms with van der Waals surface area (Å²) in [6, 6.07) is 5.75. The number of nitrogens with zero attached hydrogens (tertiary/aromatic N) is 2. The van der Waals surface area contributed by atoms with Crippen LogP contribution < -0.4 is 5.32 Å². The second kappa shape index (κ2) is 6.16. The molecule has 0 amide bonds. The molecule has 0 atom stereocenters. The summed E-state index contributed by atoms with van der Waals surface area (Å²) in [5.74, 6) is 0. The van der Waals surface area contributed by atoms with E-state index >= 15 is 0 Å². The van der Waals surface area contributed by atoms with Crippen molar-refractivity contribution >= 4 is 44.8 Å². The Balaban J connectivity index is 2.16. The molecule has 2 aromatic rings. The summed E-state index contributed by atoms with van der Waals surface area (Å²) in [6.45, 7) is 5.37. The van der Waals surface area contributed by atoms with Crippen molar-refractivity contribution in [2.45, 2.75) is 26.9 Å². The highest BCUT2D eigenvalue weighted by molar-refractivity contribution is 9.10. The molecule has 19 heavy (non-hydrogen) atoms. The number of rotatable bonds is 4. The molecule has 0 bridgehead atoms. The van der Waals surface area contributed by atoms with E-state index in [-0.39, 0.29) is 0 Å². The van der Waals surface area contributed by atoms with Gasteiger partial charge in [-0.05, 0) is 48.0 Å². The van der Waals surface area contributed by atoms with Crippen LogP contribution in [0.2, 0.25) is 10.0 Å². The van der Waals surface area contributed by atoms with E-state index in [1.54, 1.807) is 0 Å². The molecule has 0 aliphatic carbocycles. The lowest BCUT2D eigenvalue weighted by molar-refractivity contribution is 0.623. The van der Waals surface area contributed by atoms with Crippen LogP contribution in [-0.4, -0.2) is 9.78 Å². The number of nitrogens with one attached hydrogen (secondary N) is 1. The van der Waals surface area contributed by atoms with Crippen LogP contribution in [0.15, 0.2) is 22.7 Å². The summed E-state index contributed by atoms with van der Waals surface area (Å²) in [5, 5.41) is 9.09. The van der Waals surface area contributed by atoms with E-state index in [4.69, 9.17) is 23.2 Å². The van der Waals surface area contributed by atoms with Gasteiger partial charge in [0.2, 0.25) is 0 Å². The number of hydrogen-bond acceptors (Lipinski definition) is 2. The molecule has 0 aliphatic heterocycles. The number of aromatic nitrogens is 2. The lowest BCUT2D eigenvalue weighted by Gasteiger charge is -2.09. The smallest absolute Gasteiger partial charge is 0.0865 e. The minimum atomic E-state index is 0.617. The van der Waals surface area contributed by atoms with Gasteiger partial charge < -0.3 is 5.32 Å². The number of anilines is 1. The van der Waals surface area contributed by atoms with Crippen molar-refractivity contribution in [1.82, 2.24) is 9.78 Å². The maximum absolute atomic E-state index is 6.26. The fourth-order valence-electron chi connectivity index (χ4n) is 1.83. The van der Waals surface area contributed by atoms with Crippen LogP contribution in [0.5, 0.6) is 0 Å². The first-order valence-corrected chi connectivity index (χ1v) is 7.48. The second-order valence-electron chi connectivity index (χ2n) is 4.14. The molecule has 0 aliphatic rings. The summed E-state index contributed by atoms with van der Waals surface area (Å²) in [6.07, 6.45) is 0. The number of benzene rings is 1. The highest BCUT2D eigenvalue weighted by atomic mass is 79.9. The summed E-state index contributed by atoms with van der Waals surface area (Å²) < 4.78 is 2.79. The molecule has 102 valence electrons. The molecule has 0 spiro atoms. The molecule has 2 rings (SSSR count). The van der Waals surface area contributed by atoms with Gasteiger partial charge in [0.05, 0.1) is 28.0 Å². The molecule has 0 unspecified atom stereocenters. The van der Waals surface area contributed by atoms with Gasteiger partial charge >= 0.3 is 0 Å². The average Bonchev–Trinajstić information content (AvgIpc) is 2.67. The molecule has 0 saturated carbocycles. The predicted octanol–water partition coefficient (Wildman–Crippen LogP) is 4.89. The molecular weight excluding hydrogens is 349 g/mol. The SMILES string of the molecule is CCn1nc(C)c(Cl)c1CNc1ccc(Br)c(Cl)c1. The van der Waals surface area contributed by atoms with Crippen LogP contribution in [0.1, 0.15) is 18.3 Å². The Morgan fingerprint density at radius 3 is 2.74 bits per heavy atom. The van der Waals surface area contributed by atoms with E-state index in [1.807, 2.05) is 36.7 Å². The third kappa shape index (κ3) is 3.25. The van der Waals surface area contributed by atoms with Gasteiger partial charge in [0, 0.05) is 16.7 Å².